The lowest BCUT2D eigenvalue weighted by Crippen LogP contribution is -2.31. The number of benzene rings is 2. The summed E-state index contributed by atoms with van der Waals surface area (Å²) in [4.78, 5) is 21.4. The van der Waals surface area contributed by atoms with E-state index in [1.807, 2.05) is 34.9 Å². The zero-order valence-electron chi connectivity index (χ0n) is 18.6. The largest absolute Gasteiger partial charge is 0.573 e. The van der Waals surface area contributed by atoms with Crippen molar-refractivity contribution >= 4 is 16.9 Å². The lowest BCUT2D eigenvalue weighted by molar-refractivity contribution is -0.274. The first-order valence-corrected chi connectivity index (χ1v) is 10.9. The number of rotatable bonds is 9. The number of nitrogens with one attached hydrogen (secondary N) is 1. The zero-order valence-corrected chi connectivity index (χ0v) is 18.6. The number of amides is 1. The van der Waals surface area contributed by atoms with Crippen LogP contribution in [-0.4, -0.2) is 38.5 Å². The molecule has 7 nitrogen and oxygen atoms in total. The zero-order chi connectivity index (χ0) is 24.8. The molecule has 2 aromatic heterocycles. The maximum absolute atomic E-state index is 12.6. The number of aryl methyl sites for hydroxylation is 1. The van der Waals surface area contributed by atoms with Gasteiger partial charge in [0.2, 0.25) is 5.91 Å². The second-order valence-electron chi connectivity index (χ2n) is 7.88. The molecule has 0 spiro atoms. The standard InChI is InChI=1S/C25H23F3N4O3/c26-25(27,28)35-19-8-6-17(7-9-19)15-32-22-14-29-13-12-20(22)30-23(32)10-11-24(34)31-21(16-33)18-4-2-1-3-5-18/h1-9,12-14,21,33H,10-11,15-16H2,(H,31,34)/t21-/m0/s1. The van der Waals surface area contributed by atoms with Gasteiger partial charge in [-0.2, -0.15) is 0 Å². The van der Waals surface area contributed by atoms with Gasteiger partial charge in [0.25, 0.3) is 0 Å². The van der Waals surface area contributed by atoms with E-state index in [4.69, 9.17) is 0 Å². The molecule has 182 valence electrons. The predicted octanol–water partition coefficient (Wildman–Crippen LogP) is 4.16. The van der Waals surface area contributed by atoms with E-state index in [9.17, 15) is 23.1 Å². The molecule has 2 heterocycles. The Balaban J connectivity index is 1.48. The number of aliphatic hydroxyl groups excluding tert-OH is 1. The molecular weight excluding hydrogens is 461 g/mol. The van der Waals surface area contributed by atoms with Crippen LogP contribution < -0.4 is 10.1 Å². The van der Waals surface area contributed by atoms with Crippen molar-refractivity contribution in [3.63, 3.8) is 0 Å². The number of aromatic nitrogens is 3. The number of halogens is 3. The van der Waals surface area contributed by atoms with Gasteiger partial charge in [-0.25, -0.2) is 4.98 Å². The third-order valence-corrected chi connectivity index (χ3v) is 5.42. The number of aliphatic hydroxyl groups is 1. The van der Waals surface area contributed by atoms with Crippen molar-refractivity contribution in [2.24, 2.45) is 0 Å². The van der Waals surface area contributed by atoms with Crippen molar-refractivity contribution in [1.29, 1.82) is 0 Å². The summed E-state index contributed by atoms with van der Waals surface area (Å²) < 4.78 is 43.1. The number of pyridine rings is 1. The minimum absolute atomic E-state index is 0.137. The van der Waals surface area contributed by atoms with Crippen LogP contribution in [0.3, 0.4) is 0 Å². The predicted molar refractivity (Wildman–Crippen MR) is 122 cm³/mol. The fourth-order valence-corrected chi connectivity index (χ4v) is 3.78. The van der Waals surface area contributed by atoms with Crippen LogP contribution in [0.2, 0.25) is 0 Å². The van der Waals surface area contributed by atoms with Crippen LogP contribution >= 0.6 is 0 Å². The molecule has 2 aromatic carbocycles. The molecule has 0 unspecified atom stereocenters. The van der Waals surface area contributed by atoms with E-state index in [0.29, 0.717) is 24.3 Å². The summed E-state index contributed by atoms with van der Waals surface area (Å²) in [6, 6.07) is 16.0. The van der Waals surface area contributed by atoms with E-state index in [2.05, 4.69) is 20.0 Å². The third kappa shape index (κ3) is 6.36. The SMILES string of the molecule is O=C(CCc1nc2ccncc2n1Cc1ccc(OC(F)(F)F)cc1)N[C@@H](CO)c1ccccc1. The number of imidazole rings is 1. The van der Waals surface area contributed by atoms with Crippen molar-refractivity contribution in [3.8, 4) is 5.75 Å². The van der Waals surface area contributed by atoms with Crippen molar-refractivity contribution < 1.29 is 27.8 Å². The normalized spacial score (nSPS) is 12.5. The number of alkyl halides is 3. The van der Waals surface area contributed by atoms with E-state index in [1.165, 1.54) is 12.1 Å². The summed E-state index contributed by atoms with van der Waals surface area (Å²) in [6.45, 7) is 0.0999. The first kappa shape index (κ1) is 24.2. The Labute approximate surface area is 199 Å². The first-order valence-electron chi connectivity index (χ1n) is 10.9. The highest BCUT2D eigenvalue weighted by Crippen LogP contribution is 2.24. The van der Waals surface area contributed by atoms with E-state index in [-0.39, 0.29) is 24.7 Å². The molecule has 1 atom stereocenters. The van der Waals surface area contributed by atoms with Gasteiger partial charge in [-0.05, 0) is 29.3 Å². The fraction of sp³-hybridized carbons (Fsp3) is 0.240. The number of nitrogens with zero attached hydrogens (tertiary/aromatic N) is 3. The number of carbonyl (C=O) groups is 1. The summed E-state index contributed by atoms with van der Waals surface area (Å²) >= 11 is 0. The molecule has 2 N–H and O–H groups in total. The van der Waals surface area contributed by atoms with Gasteiger partial charge in [-0.1, -0.05) is 42.5 Å². The van der Waals surface area contributed by atoms with Crippen LogP contribution in [0.1, 0.15) is 29.4 Å². The Bertz CT molecular complexity index is 1270. The average molecular weight is 484 g/mol. The summed E-state index contributed by atoms with van der Waals surface area (Å²) in [5, 5.41) is 12.5. The highest BCUT2D eigenvalue weighted by atomic mass is 19.4. The molecule has 35 heavy (non-hydrogen) atoms. The summed E-state index contributed by atoms with van der Waals surface area (Å²) in [5.74, 6) is 0.101. The van der Waals surface area contributed by atoms with Gasteiger partial charge in [-0.3, -0.25) is 9.78 Å². The lowest BCUT2D eigenvalue weighted by Gasteiger charge is -2.17. The monoisotopic (exact) mass is 484 g/mol. The highest BCUT2D eigenvalue weighted by molar-refractivity contribution is 5.77. The molecule has 10 heteroatoms. The van der Waals surface area contributed by atoms with Crippen molar-refractivity contribution in [2.45, 2.75) is 31.8 Å². The Morgan fingerprint density at radius 2 is 1.83 bits per heavy atom. The molecule has 0 fully saturated rings. The van der Waals surface area contributed by atoms with Gasteiger partial charge in [0.15, 0.2) is 0 Å². The van der Waals surface area contributed by atoms with Crippen molar-refractivity contribution in [1.82, 2.24) is 19.9 Å². The molecule has 0 aliphatic rings. The Kier molecular flexibility index (Phi) is 7.31. The number of fused-ring (bicyclic) bond motifs is 1. The quantitative estimate of drug-likeness (QED) is 0.373. The minimum Gasteiger partial charge on any atom is -0.406 e. The van der Waals surface area contributed by atoms with Gasteiger partial charge in [0.05, 0.1) is 29.9 Å². The van der Waals surface area contributed by atoms with Crippen LogP contribution in [0.15, 0.2) is 73.1 Å². The average Bonchev–Trinajstić information content (AvgIpc) is 3.19. The van der Waals surface area contributed by atoms with Gasteiger partial charge in [0, 0.05) is 25.6 Å². The van der Waals surface area contributed by atoms with Crippen molar-refractivity contribution in [2.75, 3.05) is 6.61 Å². The summed E-state index contributed by atoms with van der Waals surface area (Å²) in [7, 11) is 0. The van der Waals surface area contributed by atoms with E-state index in [1.54, 1.807) is 30.6 Å². The number of hydrogen-bond donors (Lipinski definition) is 2. The Morgan fingerprint density at radius 1 is 1.09 bits per heavy atom. The molecule has 0 aliphatic carbocycles. The smallest absolute Gasteiger partial charge is 0.406 e. The van der Waals surface area contributed by atoms with Crippen LogP contribution in [0.5, 0.6) is 5.75 Å². The molecule has 0 saturated carbocycles. The van der Waals surface area contributed by atoms with Gasteiger partial charge < -0.3 is 19.7 Å². The molecule has 4 aromatic rings. The van der Waals surface area contributed by atoms with Crippen LogP contribution in [0, 0.1) is 0 Å². The second kappa shape index (κ2) is 10.6. The number of ether oxygens (including phenoxy) is 1. The van der Waals surface area contributed by atoms with Gasteiger partial charge in [-0.15, -0.1) is 13.2 Å². The molecule has 0 radical (unpaired) electrons. The molecule has 0 saturated heterocycles. The minimum atomic E-state index is -4.75. The Morgan fingerprint density at radius 3 is 2.51 bits per heavy atom. The van der Waals surface area contributed by atoms with Crippen LogP contribution in [0.25, 0.3) is 11.0 Å². The van der Waals surface area contributed by atoms with E-state index >= 15 is 0 Å². The summed E-state index contributed by atoms with van der Waals surface area (Å²) in [6.07, 6.45) is -1.02. The molecule has 0 aliphatic heterocycles. The van der Waals surface area contributed by atoms with E-state index in [0.717, 1.165) is 16.6 Å². The first-order chi connectivity index (χ1) is 16.8. The van der Waals surface area contributed by atoms with Crippen LogP contribution in [0.4, 0.5) is 13.2 Å². The topological polar surface area (TPSA) is 89.3 Å². The maximum atomic E-state index is 12.6. The summed E-state index contributed by atoms with van der Waals surface area (Å²) in [5.41, 5.74) is 2.98. The fourth-order valence-electron chi connectivity index (χ4n) is 3.78. The molecule has 1 amide bonds. The number of hydrogen-bond acceptors (Lipinski definition) is 5. The third-order valence-electron chi connectivity index (χ3n) is 5.42. The Hall–Kier alpha value is -3.92. The lowest BCUT2D eigenvalue weighted by atomic mass is 10.1. The molecular formula is C25H23F3N4O3. The van der Waals surface area contributed by atoms with Crippen molar-refractivity contribution in [3.05, 3.63) is 90.0 Å². The van der Waals surface area contributed by atoms with Gasteiger partial charge in [0.1, 0.15) is 11.6 Å². The second-order valence-corrected chi connectivity index (χ2v) is 7.88. The number of carbonyl (C=O) groups excluding carboxylic acids is 1. The highest BCUT2D eigenvalue weighted by Gasteiger charge is 2.31. The molecule has 4 rings (SSSR count). The molecule has 0 bridgehead atoms. The van der Waals surface area contributed by atoms with E-state index < -0.39 is 12.4 Å². The maximum Gasteiger partial charge on any atom is 0.573 e. The van der Waals surface area contributed by atoms with Gasteiger partial charge >= 0.3 is 6.36 Å². The van der Waals surface area contributed by atoms with Crippen LogP contribution in [-0.2, 0) is 17.8 Å².